The minimum atomic E-state index is -2.92. The number of ether oxygens (including phenoxy) is 1. The average molecular weight is 463 g/mol. The summed E-state index contributed by atoms with van der Waals surface area (Å²) in [4.78, 5) is 3.16. The largest absolute Gasteiger partial charge is 0.379 e. The summed E-state index contributed by atoms with van der Waals surface area (Å²) in [6.45, 7) is 4.08. The van der Waals surface area contributed by atoms with Crippen LogP contribution >= 0.6 is 11.8 Å². The van der Waals surface area contributed by atoms with Crippen molar-refractivity contribution >= 4 is 11.8 Å². The van der Waals surface area contributed by atoms with Crippen molar-refractivity contribution in [3.8, 4) is 0 Å². The number of benzene rings is 2. The number of aliphatic hydroxyl groups is 1. The summed E-state index contributed by atoms with van der Waals surface area (Å²) >= 11 is 1.37. The predicted octanol–water partition coefficient (Wildman–Crippen LogP) is 5.10. The van der Waals surface area contributed by atoms with E-state index in [1.807, 2.05) is 24.5 Å². The maximum Gasteiger partial charge on any atom is 0.270 e. The number of rotatable bonds is 8. The monoisotopic (exact) mass is 462 g/mol. The molecule has 2 unspecified atom stereocenters. The van der Waals surface area contributed by atoms with Gasteiger partial charge in [0.15, 0.2) is 0 Å². The van der Waals surface area contributed by atoms with Crippen LogP contribution in [0.1, 0.15) is 55.1 Å². The lowest BCUT2D eigenvalue weighted by molar-refractivity contribution is -0.0834. The first-order valence-corrected chi connectivity index (χ1v) is 12.5. The molecule has 0 aromatic heterocycles. The molecule has 2 aliphatic rings. The number of thioether (sulfide) groups is 1. The Labute approximate surface area is 193 Å². The van der Waals surface area contributed by atoms with E-state index in [0.717, 1.165) is 58.1 Å². The van der Waals surface area contributed by atoms with Gasteiger partial charge in [0, 0.05) is 41.6 Å². The minimum Gasteiger partial charge on any atom is -0.379 e. The van der Waals surface area contributed by atoms with E-state index >= 15 is 0 Å². The van der Waals surface area contributed by atoms with Gasteiger partial charge in [0.05, 0.1) is 19.3 Å². The number of hydrogen-bond donors (Lipinski definition) is 2. The lowest BCUT2D eigenvalue weighted by atomic mass is 9.67. The number of hydrogen-bond acceptors (Lipinski definition) is 5. The van der Waals surface area contributed by atoms with Crippen LogP contribution in [-0.4, -0.2) is 48.1 Å². The van der Waals surface area contributed by atoms with Crippen molar-refractivity contribution in [1.82, 2.24) is 10.2 Å². The van der Waals surface area contributed by atoms with Gasteiger partial charge in [0.1, 0.15) is 6.23 Å². The van der Waals surface area contributed by atoms with Crippen molar-refractivity contribution in [2.45, 2.75) is 54.8 Å². The molecule has 0 spiro atoms. The lowest BCUT2D eigenvalue weighted by Crippen LogP contribution is -2.63. The van der Waals surface area contributed by atoms with Gasteiger partial charge in [-0.1, -0.05) is 42.5 Å². The van der Waals surface area contributed by atoms with Gasteiger partial charge in [-0.15, -0.1) is 11.8 Å². The zero-order valence-electron chi connectivity index (χ0n) is 18.7. The standard InChI is InChI=1S/C25H32F2N2O2S/c1-24(26,27)19-9-10-20(21(17-19)32-2)23(30)28-22(18-7-4-3-5-8-18)25(11-6-12-25)29-13-15-31-16-14-29/h3-5,7-10,17,22-23,28,30H,6,11-16H2,1-2H3. The van der Waals surface area contributed by atoms with Crippen LogP contribution in [0, 0.1) is 0 Å². The fourth-order valence-electron chi connectivity index (χ4n) is 5.00. The third kappa shape index (κ3) is 4.73. The first-order chi connectivity index (χ1) is 15.3. The number of nitrogens with one attached hydrogen (secondary N) is 1. The van der Waals surface area contributed by atoms with Crippen LogP contribution < -0.4 is 5.32 Å². The summed E-state index contributed by atoms with van der Waals surface area (Å²) < 4.78 is 33.3. The Hall–Kier alpha value is -1.51. The van der Waals surface area contributed by atoms with Gasteiger partial charge >= 0.3 is 0 Å². The zero-order chi connectivity index (χ0) is 22.8. The molecule has 0 bridgehead atoms. The highest BCUT2D eigenvalue weighted by Gasteiger charge is 2.50. The molecule has 2 N–H and O–H groups in total. The number of morpholine rings is 1. The van der Waals surface area contributed by atoms with Crippen molar-refractivity contribution in [2.75, 3.05) is 32.6 Å². The Balaban J connectivity index is 1.66. The molecule has 0 radical (unpaired) electrons. The van der Waals surface area contributed by atoms with Gasteiger partial charge in [-0.2, -0.15) is 0 Å². The molecule has 2 aromatic carbocycles. The van der Waals surface area contributed by atoms with Crippen LogP contribution in [0.4, 0.5) is 8.78 Å². The SMILES string of the molecule is CSc1cc(C(C)(F)F)ccc1C(O)NC(c1ccccc1)C1(N2CCOCC2)CCC1. The second kappa shape index (κ2) is 9.77. The van der Waals surface area contributed by atoms with Gasteiger partial charge in [0.2, 0.25) is 0 Å². The molecule has 0 amide bonds. The van der Waals surface area contributed by atoms with Crippen molar-refractivity contribution < 1.29 is 18.6 Å². The second-order valence-electron chi connectivity index (χ2n) is 8.81. The quantitative estimate of drug-likeness (QED) is 0.422. The van der Waals surface area contributed by atoms with E-state index in [9.17, 15) is 13.9 Å². The molecule has 174 valence electrons. The first-order valence-electron chi connectivity index (χ1n) is 11.2. The molecule has 32 heavy (non-hydrogen) atoms. The van der Waals surface area contributed by atoms with Gasteiger partial charge in [-0.3, -0.25) is 10.2 Å². The molecule has 1 saturated heterocycles. The molecule has 2 aromatic rings. The van der Waals surface area contributed by atoms with Crippen LogP contribution in [0.2, 0.25) is 0 Å². The van der Waals surface area contributed by atoms with Gasteiger partial charge in [-0.05, 0) is 37.1 Å². The average Bonchev–Trinajstić information content (AvgIpc) is 2.78. The Kier molecular flexibility index (Phi) is 7.22. The van der Waals surface area contributed by atoms with Crippen LogP contribution in [-0.2, 0) is 10.7 Å². The van der Waals surface area contributed by atoms with Crippen molar-refractivity contribution in [3.05, 3.63) is 65.2 Å². The maximum atomic E-state index is 13.8. The van der Waals surface area contributed by atoms with Crippen molar-refractivity contribution in [2.24, 2.45) is 0 Å². The highest BCUT2D eigenvalue weighted by Crippen LogP contribution is 2.48. The Morgan fingerprint density at radius 2 is 1.81 bits per heavy atom. The summed E-state index contributed by atoms with van der Waals surface area (Å²) in [5.74, 6) is -2.92. The van der Waals surface area contributed by atoms with E-state index in [1.165, 1.54) is 23.9 Å². The molecular weight excluding hydrogens is 430 g/mol. The van der Waals surface area contributed by atoms with Crippen LogP contribution in [0.5, 0.6) is 0 Å². The molecule has 4 nitrogen and oxygen atoms in total. The Morgan fingerprint density at radius 3 is 2.38 bits per heavy atom. The smallest absolute Gasteiger partial charge is 0.270 e. The molecule has 1 aliphatic heterocycles. The number of alkyl halides is 2. The highest BCUT2D eigenvalue weighted by molar-refractivity contribution is 7.98. The number of nitrogens with zero attached hydrogens (tertiary/aromatic N) is 1. The third-order valence-corrected chi connectivity index (χ3v) is 7.68. The second-order valence-corrected chi connectivity index (χ2v) is 9.66. The summed E-state index contributed by atoms with van der Waals surface area (Å²) in [5.41, 5.74) is 1.62. The molecule has 4 rings (SSSR count). The molecule has 2 atom stereocenters. The molecular formula is C25H32F2N2O2S. The van der Waals surface area contributed by atoms with E-state index in [4.69, 9.17) is 4.74 Å². The van der Waals surface area contributed by atoms with E-state index in [-0.39, 0.29) is 17.1 Å². The fraction of sp³-hybridized carbons (Fsp3) is 0.520. The van der Waals surface area contributed by atoms with Crippen molar-refractivity contribution in [3.63, 3.8) is 0 Å². The Morgan fingerprint density at radius 1 is 1.12 bits per heavy atom. The first kappa shape index (κ1) is 23.6. The number of aliphatic hydroxyl groups excluding tert-OH is 1. The Bertz CT molecular complexity index is 897. The zero-order valence-corrected chi connectivity index (χ0v) is 19.5. The van der Waals surface area contributed by atoms with Gasteiger partial charge < -0.3 is 9.84 Å². The molecule has 7 heteroatoms. The van der Waals surface area contributed by atoms with E-state index in [0.29, 0.717) is 10.5 Å². The number of halogens is 2. The van der Waals surface area contributed by atoms with Crippen LogP contribution in [0.25, 0.3) is 0 Å². The summed E-state index contributed by atoms with van der Waals surface area (Å²) in [7, 11) is 0. The van der Waals surface area contributed by atoms with Crippen molar-refractivity contribution in [1.29, 1.82) is 0 Å². The van der Waals surface area contributed by atoms with E-state index in [2.05, 4.69) is 22.3 Å². The molecule has 1 heterocycles. The molecule has 2 fully saturated rings. The summed E-state index contributed by atoms with van der Waals surface area (Å²) in [6.07, 6.45) is 4.11. The van der Waals surface area contributed by atoms with E-state index < -0.39 is 12.2 Å². The maximum absolute atomic E-state index is 13.8. The van der Waals surface area contributed by atoms with Crippen LogP contribution in [0.3, 0.4) is 0 Å². The van der Waals surface area contributed by atoms with Gasteiger partial charge in [-0.25, -0.2) is 8.78 Å². The summed E-state index contributed by atoms with van der Waals surface area (Å²) in [5, 5.41) is 14.8. The molecule has 1 aliphatic carbocycles. The minimum absolute atomic E-state index is 0.0406. The normalized spacial score (nSPS) is 21.0. The highest BCUT2D eigenvalue weighted by atomic mass is 32.2. The summed E-state index contributed by atoms with van der Waals surface area (Å²) in [6, 6.07) is 14.7. The predicted molar refractivity (Wildman–Crippen MR) is 124 cm³/mol. The molecule has 1 saturated carbocycles. The van der Waals surface area contributed by atoms with Gasteiger partial charge in [0.25, 0.3) is 5.92 Å². The fourth-order valence-corrected chi connectivity index (χ4v) is 5.66. The van der Waals surface area contributed by atoms with Crippen LogP contribution in [0.15, 0.2) is 53.4 Å². The third-order valence-electron chi connectivity index (χ3n) is 6.89. The topological polar surface area (TPSA) is 44.7 Å². The van der Waals surface area contributed by atoms with E-state index in [1.54, 1.807) is 6.07 Å². The lowest BCUT2D eigenvalue weighted by Gasteiger charge is -2.56.